The molecule has 2 aromatic heterocycles. The minimum absolute atomic E-state index is 0.00818. The highest BCUT2D eigenvalue weighted by Crippen LogP contribution is 2.19. The Bertz CT molecular complexity index is 675. The van der Waals surface area contributed by atoms with E-state index in [-0.39, 0.29) is 12.0 Å². The Morgan fingerprint density at radius 3 is 3.24 bits per heavy atom. The second-order valence-corrected chi connectivity index (χ2v) is 6.12. The highest BCUT2D eigenvalue weighted by Gasteiger charge is 2.26. The number of aryl methyl sites for hydroxylation is 1. The quantitative estimate of drug-likeness (QED) is 0.773. The van der Waals surface area contributed by atoms with Crippen molar-refractivity contribution >= 4 is 5.91 Å². The number of morpholine rings is 1. The summed E-state index contributed by atoms with van der Waals surface area (Å²) in [5.74, 6) is 1.54. The molecule has 2 N–H and O–H groups in total. The molecule has 1 aliphatic rings. The van der Waals surface area contributed by atoms with Crippen LogP contribution in [0.2, 0.25) is 0 Å². The first-order chi connectivity index (χ1) is 12.2. The number of nitrogens with one attached hydrogen (secondary N) is 2. The van der Waals surface area contributed by atoms with Crippen molar-refractivity contribution in [3.63, 3.8) is 0 Å². The van der Waals surface area contributed by atoms with Gasteiger partial charge in [0.25, 0.3) is 0 Å². The summed E-state index contributed by atoms with van der Waals surface area (Å²) in [4.78, 5) is 22.8. The zero-order valence-corrected chi connectivity index (χ0v) is 14.4. The van der Waals surface area contributed by atoms with E-state index in [4.69, 9.17) is 4.74 Å². The van der Waals surface area contributed by atoms with E-state index < -0.39 is 0 Å². The summed E-state index contributed by atoms with van der Waals surface area (Å²) in [6.07, 6.45) is 5.17. The molecule has 0 bridgehead atoms. The molecule has 0 unspecified atom stereocenters. The van der Waals surface area contributed by atoms with Gasteiger partial charge in [-0.25, -0.2) is 4.98 Å². The number of carbonyl (C=O) groups excluding carboxylic acids is 1. The van der Waals surface area contributed by atoms with Gasteiger partial charge in [0.1, 0.15) is 11.9 Å². The SMILES string of the molecule is CCCc1nc([C@H]2CN(CC(=O)NCc3cccnc3)CCO2)n[nH]1. The maximum absolute atomic E-state index is 12.2. The van der Waals surface area contributed by atoms with Crippen molar-refractivity contribution in [3.05, 3.63) is 41.7 Å². The van der Waals surface area contributed by atoms with Crippen LogP contribution in [0.15, 0.2) is 24.5 Å². The first-order valence-electron chi connectivity index (χ1n) is 8.65. The number of hydrogen-bond donors (Lipinski definition) is 2. The number of H-pyrrole nitrogens is 1. The van der Waals surface area contributed by atoms with E-state index in [0.29, 0.717) is 32.1 Å². The molecule has 0 aromatic carbocycles. The summed E-state index contributed by atoms with van der Waals surface area (Å²) < 4.78 is 5.77. The molecule has 1 saturated heterocycles. The average molecular weight is 344 g/mol. The van der Waals surface area contributed by atoms with Crippen LogP contribution < -0.4 is 5.32 Å². The predicted octanol–water partition coefficient (Wildman–Crippen LogP) is 0.842. The van der Waals surface area contributed by atoms with E-state index in [1.165, 1.54) is 0 Å². The van der Waals surface area contributed by atoms with Crippen molar-refractivity contribution in [2.45, 2.75) is 32.4 Å². The van der Waals surface area contributed by atoms with E-state index >= 15 is 0 Å². The van der Waals surface area contributed by atoms with Gasteiger partial charge in [-0.1, -0.05) is 13.0 Å². The van der Waals surface area contributed by atoms with Crippen LogP contribution in [0.5, 0.6) is 0 Å². The summed E-state index contributed by atoms with van der Waals surface area (Å²) in [5.41, 5.74) is 0.986. The Morgan fingerprint density at radius 2 is 2.44 bits per heavy atom. The van der Waals surface area contributed by atoms with Gasteiger partial charge >= 0.3 is 0 Å². The van der Waals surface area contributed by atoms with Crippen LogP contribution in [0.25, 0.3) is 0 Å². The number of pyridine rings is 1. The van der Waals surface area contributed by atoms with Gasteiger partial charge < -0.3 is 10.1 Å². The summed E-state index contributed by atoms with van der Waals surface area (Å²) in [7, 11) is 0. The molecule has 1 amide bonds. The van der Waals surface area contributed by atoms with Gasteiger partial charge in [0.05, 0.1) is 13.2 Å². The highest BCUT2D eigenvalue weighted by molar-refractivity contribution is 5.78. The minimum atomic E-state index is -0.193. The first-order valence-corrected chi connectivity index (χ1v) is 8.65. The Hall–Kier alpha value is -2.32. The molecular weight excluding hydrogens is 320 g/mol. The van der Waals surface area contributed by atoms with E-state index in [1.54, 1.807) is 12.4 Å². The maximum Gasteiger partial charge on any atom is 0.234 e. The fourth-order valence-corrected chi connectivity index (χ4v) is 2.77. The summed E-state index contributed by atoms with van der Waals surface area (Å²) in [6, 6.07) is 3.80. The second kappa shape index (κ2) is 8.68. The average Bonchev–Trinajstić information content (AvgIpc) is 3.10. The molecule has 0 radical (unpaired) electrons. The van der Waals surface area contributed by atoms with Crippen LogP contribution in [-0.2, 0) is 22.5 Å². The fourth-order valence-electron chi connectivity index (χ4n) is 2.77. The summed E-state index contributed by atoms with van der Waals surface area (Å²) in [5, 5.41) is 10.1. The number of nitrogens with zero attached hydrogens (tertiary/aromatic N) is 4. The predicted molar refractivity (Wildman–Crippen MR) is 91.6 cm³/mol. The number of ether oxygens (including phenoxy) is 1. The van der Waals surface area contributed by atoms with Gasteiger partial charge in [-0.2, -0.15) is 5.10 Å². The molecule has 0 saturated carbocycles. The van der Waals surface area contributed by atoms with Crippen molar-refractivity contribution < 1.29 is 9.53 Å². The fraction of sp³-hybridized carbons (Fsp3) is 0.529. The Morgan fingerprint density at radius 1 is 1.52 bits per heavy atom. The van der Waals surface area contributed by atoms with Crippen molar-refractivity contribution in [3.8, 4) is 0 Å². The van der Waals surface area contributed by atoms with Crippen LogP contribution in [0.3, 0.4) is 0 Å². The molecule has 1 atom stereocenters. The van der Waals surface area contributed by atoms with Gasteiger partial charge in [0.15, 0.2) is 5.82 Å². The Labute approximate surface area is 147 Å². The van der Waals surface area contributed by atoms with E-state index in [9.17, 15) is 4.79 Å². The Kier molecular flexibility index (Phi) is 6.08. The van der Waals surface area contributed by atoms with Crippen LogP contribution in [0.1, 0.15) is 36.7 Å². The molecule has 8 heteroatoms. The summed E-state index contributed by atoms with van der Waals surface area (Å²) >= 11 is 0. The number of amides is 1. The van der Waals surface area contributed by atoms with E-state index in [1.807, 2.05) is 12.1 Å². The minimum Gasteiger partial charge on any atom is -0.367 e. The Balaban J connectivity index is 1.48. The summed E-state index contributed by atoms with van der Waals surface area (Å²) in [6.45, 7) is 4.84. The van der Waals surface area contributed by atoms with Gasteiger partial charge in [0.2, 0.25) is 5.91 Å². The third kappa shape index (κ3) is 5.07. The molecule has 3 rings (SSSR count). The topological polar surface area (TPSA) is 96.0 Å². The smallest absolute Gasteiger partial charge is 0.234 e. The zero-order valence-electron chi connectivity index (χ0n) is 14.4. The molecular formula is C17H24N6O2. The lowest BCUT2D eigenvalue weighted by molar-refractivity contribution is -0.124. The number of aromatic nitrogens is 4. The lowest BCUT2D eigenvalue weighted by Crippen LogP contribution is -2.44. The van der Waals surface area contributed by atoms with Gasteiger partial charge in [-0.05, 0) is 18.1 Å². The monoisotopic (exact) mass is 344 g/mol. The first kappa shape index (κ1) is 17.5. The van der Waals surface area contributed by atoms with Crippen LogP contribution in [0, 0.1) is 0 Å². The zero-order chi connectivity index (χ0) is 17.5. The molecule has 0 spiro atoms. The third-order valence-corrected chi connectivity index (χ3v) is 4.05. The van der Waals surface area contributed by atoms with Gasteiger partial charge in [-0.3, -0.25) is 19.8 Å². The molecule has 2 aromatic rings. The van der Waals surface area contributed by atoms with Crippen molar-refractivity contribution in [2.75, 3.05) is 26.2 Å². The van der Waals surface area contributed by atoms with Crippen LogP contribution in [-0.4, -0.2) is 57.2 Å². The second-order valence-electron chi connectivity index (χ2n) is 6.12. The van der Waals surface area contributed by atoms with Crippen LogP contribution >= 0.6 is 0 Å². The molecule has 25 heavy (non-hydrogen) atoms. The number of hydrogen-bond acceptors (Lipinski definition) is 6. The molecule has 1 fully saturated rings. The van der Waals surface area contributed by atoms with E-state index in [2.05, 4.69) is 37.3 Å². The van der Waals surface area contributed by atoms with Crippen LogP contribution in [0.4, 0.5) is 0 Å². The van der Waals surface area contributed by atoms with Gasteiger partial charge in [0, 0.05) is 38.4 Å². The standard InChI is InChI=1S/C17H24N6O2/c1-2-4-15-20-17(22-21-15)14-11-23(7-8-25-14)12-16(24)19-10-13-5-3-6-18-9-13/h3,5-6,9,14H,2,4,7-8,10-12H2,1H3,(H,19,24)(H,20,21,22)/t14-/m1/s1. The van der Waals surface area contributed by atoms with E-state index in [0.717, 1.165) is 30.8 Å². The molecule has 3 heterocycles. The number of rotatable bonds is 7. The molecule has 0 aliphatic carbocycles. The van der Waals surface area contributed by atoms with Crippen molar-refractivity contribution in [1.29, 1.82) is 0 Å². The van der Waals surface area contributed by atoms with Crippen molar-refractivity contribution in [1.82, 2.24) is 30.4 Å². The third-order valence-electron chi connectivity index (χ3n) is 4.05. The molecule has 8 nitrogen and oxygen atoms in total. The largest absolute Gasteiger partial charge is 0.367 e. The molecule has 1 aliphatic heterocycles. The number of aromatic amines is 1. The van der Waals surface area contributed by atoms with Gasteiger partial charge in [-0.15, -0.1) is 0 Å². The van der Waals surface area contributed by atoms with Crippen molar-refractivity contribution in [2.24, 2.45) is 0 Å². The lowest BCUT2D eigenvalue weighted by Gasteiger charge is -2.30. The lowest BCUT2D eigenvalue weighted by atomic mass is 10.2. The maximum atomic E-state index is 12.2. The molecule has 134 valence electrons. The normalized spacial score (nSPS) is 18.2. The number of carbonyl (C=O) groups is 1. The highest BCUT2D eigenvalue weighted by atomic mass is 16.5.